The van der Waals surface area contributed by atoms with Gasteiger partial charge in [-0.2, -0.15) is 0 Å². The van der Waals surface area contributed by atoms with E-state index in [-0.39, 0.29) is 0 Å². The van der Waals surface area contributed by atoms with Crippen molar-refractivity contribution >= 4 is 11.7 Å². The fraction of sp³-hybridized carbons (Fsp3) is 0.188. The van der Waals surface area contributed by atoms with Crippen molar-refractivity contribution in [3.8, 4) is 5.75 Å². The number of anilines is 1. The molecule has 2 aliphatic rings. The third-order valence-electron chi connectivity index (χ3n) is 2.92. The Bertz CT molecular complexity index is 672. The molecule has 110 valence electrons. The van der Waals surface area contributed by atoms with E-state index in [9.17, 15) is 9.90 Å². The van der Waals surface area contributed by atoms with E-state index in [1.807, 2.05) is 0 Å². The van der Waals surface area contributed by atoms with Crippen LogP contribution in [0.15, 0.2) is 48.5 Å². The van der Waals surface area contributed by atoms with E-state index in [2.05, 4.69) is 24.3 Å². The van der Waals surface area contributed by atoms with Gasteiger partial charge in [-0.15, -0.1) is 0 Å². The SMILES string of the molecule is CC(O)(CC(=O)O)Oc1ccc(N)cc1.c1cc2ccc1=2. The van der Waals surface area contributed by atoms with Gasteiger partial charge in [0.25, 0.3) is 0 Å². The van der Waals surface area contributed by atoms with Crippen molar-refractivity contribution in [3.63, 3.8) is 0 Å². The topological polar surface area (TPSA) is 92.8 Å². The summed E-state index contributed by atoms with van der Waals surface area (Å²) in [6.07, 6.45) is -0.489. The molecular formula is C16H17NO4. The lowest BCUT2D eigenvalue weighted by atomic mass is 10.1. The van der Waals surface area contributed by atoms with E-state index in [0.29, 0.717) is 11.4 Å². The minimum absolute atomic E-state index is 0.371. The van der Waals surface area contributed by atoms with Crippen LogP contribution in [0.5, 0.6) is 5.75 Å². The van der Waals surface area contributed by atoms with E-state index < -0.39 is 18.2 Å². The fourth-order valence-corrected chi connectivity index (χ4v) is 1.77. The van der Waals surface area contributed by atoms with Crippen LogP contribution in [0.3, 0.4) is 0 Å². The summed E-state index contributed by atoms with van der Waals surface area (Å²) >= 11 is 0. The van der Waals surface area contributed by atoms with E-state index in [4.69, 9.17) is 15.6 Å². The molecule has 1 aromatic carbocycles. The van der Waals surface area contributed by atoms with E-state index in [1.54, 1.807) is 24.3 Å². The van der Waals surface area contributed by atoms with Crippen molar-refractivity contribution in [3.05, 3.63) is 59.0 Å². The maximum Gasteiger partial charge on any atom is 0.310 e. The molecule has 0 amide bonds. The highest BCUT2D eigenvalue weighted by atomic mass is 16.6. The van der Waals surface area contributed by atoms with Crippen molar-refractivity contribution in [2.45, 2.75) is 19.1 Å². The lowest BCUT2D eigenvalue weighted by molar-refractivity contribution is -0.161. The van der Waals surface area contributed by atoms with Gasteiger partial charge in [-0.05, 0) is 34.7 Å². The number of hydrogen-bond donors (Lipinski definition) is 3. The minimum atomic E-state index is -1.72. The number of aliphatic carboxylic acids is 1. The highest BCUT2D eigenvalue weighted by Crippen LogP contribution is 2.20. The number of carboxylic acids is 1. The number of aliphatic hydroxyl groups is 1. The maximum atomic E-state index is 10.4. The first-order chi connectivity index (χ1) is 9.85. The Morgan fingerprint density at radius 1 is 1.10 bits per heavy atom. The van der Waals surface area contributed by atoms with Crippen molar-refractivity contribution < 1.29 is 19.7 Å². The second kappa shape index (κ2) is 5.85. The van der Waals surface area contributed by atoms with Crippen LogP contribution in [0.1, 0.15) is 13.3 Å². The molecular weight excluding hydrogens is 270 g/mol. The molecule has 0 aliphatic heterocycles. The second-order valence-corrected chi connectivity index (χ2v) is 4.99. The monoisotopic (exact) mass is 287 g/mol. The zero-order valence-corrected chi connectivity index (χ0v) is 11.6. The first-order valence-corrected chi connectivity index (χ1v) is 6.45. The van der Waals surface area contributed by atoms with Gasteiger partial charge < -0.3 is 20.7 Å². The Kier molecular flexibility index (Phi) is 4.14. The summed E-state index contributed by atoms with van der Waals surface area (Å²) in [4.78, 5) is 10.4. The predicted molar refractivity (Wildman–Crippen MR) is 78.5 cm³/mol. The molecule has 4 N–H and O–H groups in total. The van der Waals surface area contributed by atoms with Gasteiger partial charge in [0.1, 0.15) is 12.2 Å². The van der Waals surface area contributed by atoms with Crippen molar-refractivity contribution in [2.24, 2.45) is 0 Å². The summed E-state index contributed by atoms with van der Waals surface area (Å²) in [5, 5.41) is 20.9. The first-order valence-electron chi connectivity index (χ1n) is 6.45. The molecule has 3 rings (SSSR count). The van der Waals surface area contributed by atoms with Gasteiger partial charge >= 0.3 is 5.97 Å². The van der Waals surface area contributed by atoms with Gasteiger partial charge in [0.2, 0.25) is 5.79 Å². The third kappa shape index (κ3) is 4.22. The Morgan fingerprint density at radius 3 is 1.90 bits per heavy atom. The first kappa shape index (κ1) is 14.9. The number of carbonyl (C=O) groups is 1. The largest absolute Gasteiger partial charge is 0.481 e. The van der Waals surface area contributed by atoms with Crippen LogP contribution in [-0.2, 0) is 4.79 Å². The van der Waals surface area contributed by atoms with Crippen LogP contribution >= 0.6 is 0 Å². The standard InChI is InChI=1S/C10H13NO4.C6H4/c1-10(14,6-9(12)13)15-8-4-2-7(11)3-5-8;1-2-6-4-3-5(1)6/h2-5,14H,6,11H2,1H3,(H,12,13);1-4H. The van der Waals surface area contributed by atoms with Gasteiger partial charge in [0.15, 0.2) is 0 Å². The van der Waals surface area contributed by atoms with Crippen molar-refractivity contribution in [1.82, 2.24) is 0 Å². The highest BCUT2D eigenvalue weighted by Gasteiger charge is 2.26. The van der Waals surface area contributed by atoms with Gasteiger partial charge in [-0.3, -0.25) is 4.79 Å². The average molecular weight is 287 g/mol. The molecule has 0 radical (unpaired) electrons. The molecule has 2 aliphatic carbocycles. The molecule has 0 spiro atoms. The predicted octanol–water partition coefficient (Wildman–Crippen LogP) is 2.12. The number of nitrogens with two attached hydrogens (primary N) is 1. The summed E-state index contributed by atoms with van der Waals surface area (Å²) < 4.78 is 5.09. The van der Waals surface area contributed by atoms with E-state index >= 15 is 0 Å². The molecule has 0 saturated carbocycles. The quantitative estimate of drug-likeness (QED) is 0.505. The van der Waals surface area contributed by atoms with Gasteiger partial charge in [0, 0.05) is 12.6 Å². The lowest BCUT2D eigenvalue weighted by Crippen LogP contribution is -2.34. The molecule has 0 bridgehead atoms. The summed E-state index contributed by atoms with van der Waals surface area (Å²) in [6.45, 7) is 1.29. The number of benzene rings is 2. The summed E-state index contributed by atoms with van der Waals surface area (Å²) in [5.41, 5.74) is 6.03. The molecule has 1 atom stereocenters. The lowest BCUT2D eigenvalue weighted by Gasteiger charge is -2.22. The molecule has 0 saturated heterocycles. The number of ether oxygens (including phenoxy) is 1. The maximum absolute atomic E-state index is 10.4. The number of nitrogen functional groups attached to an aromatic ring is 1. The number of carboxylic acid groups (broad SMARTS) is 1. The summed E-state index contributed by atoms with van der Waals surface area (Å²) in [7, 11) is 0. The minimum Gasteiger partial charge on any atom is -0.481 e. The molecule has 5 nitrogen and oxygen atoms in total. The van der Waals surface area contributed by atoms with Crippen LogP contribution in [0.2, 0.25) is 0 Å². The van der Waals surface area contributed by atoms with Crippen molar-refractivity contribution in [1.29, 1.82) is 0 Å². The van der Waals surface area contributed by atoms with Crippen LogP contribution < -0.4 is 10.5 Å². The fourth-order valence-electron chi connectivity index (χ4n) is 1.77. The van der Waals surface area contributed by atoms with Crippen LogP contribution in [0.25, 0.3) is 0 Å². The summed E-state index contributed by atoms with van der Waals surface area (Å²) in [5.74, 6) is -2.48. The third-order valence-corrected chi connectivity index (χ3v) is 2.92. The Labute approximate surface area is 121 Å². The normalized spacial score (nSPS) is 13.4. The number of hydrogen-bond acceptors (Lipinski definition) is 4. The van der Waals surface area contributed by atoms with Crippen LogP contribution in [0.4, 0.5) is 5.69 Å². The molecule has 0 aromatic heterocycles. The smallest absolute Gasteiger partial charge is 0.310 e. The van der Waals surface area contributed by atoms with Gasteiger partial charge in [-0.25, -0.2) is 0 Å². The Balaban J connectivity index is 0.000000218. The molecule has 0 heterocycles. The van der Waals surface area contributed by atoms with E-state index in [1.165, 1.54) is 17.4 Å². The van der Waals surface area contributed by atoms with E-state index in [0.717, 1.165) is 0 Å². The van der Waals surface area contributed by atoms with Gasteiger partial charge in [-0.1, -0.05) is 24.3 Å². The molecule has 1 aromatic rings. The average Bonchev–Trinajstić information content (AvgIpc) is 2.35. The number of rotatable bonds is 4. The van der Waals surface area contributed by atoms with Crippen molar-refractivity contribution in [2.75, 3.05) is 5.73 Å². The Hall–Kier alpha value is -2.53. The summed E-state index contributed by atoms with van der Waals surface area (Å²) in [6, 6.07) is 14.8. The second-order valence-electron chi connectivity index (χ2n) is 4.99. The molecule has 1 unspecified atom stereocenters. The van der Waals surface area contributed by atoms with Gasteiger partial charge in [0.05, 0.1) is 0 Å². The zero-order valence-electron chi connectivity index (χ0n) is 11.6. The highest BCUT2D eigenvalue weighted by molar-refractivity contribution is 5.67. The zero-order chi connectivity index (χ0) is 15.5. The van der Waals surface area contributed by atoms with Crippen LogP contribution in [0, 0.1) is 10.4 Å². The molecule has 5 heteroatoms. The Morgan fingerprint density at radius 2 is 1.57 bits per heavy atom. The molecule has 21 heavy (non-hydrogen) atoms. The van der Waals surface area contributed by atoms with Crippen LogP contribution in [-0.4, -0.2) is 22.0 Å². The molecule has 0 fully saturated rings.